The van der Waals surface area contributed by atoms with Crippen LogP contribution in [0.25, 0.3) is 22.3 Å². The van der Waals surface area contributed by atoms with Crippen LogP contribution < -0.4 is 14.4 Å². The Balaban J connectivity index is 1.77. The van der Waals surface area contributed by atoms with Crippen molar-refractivity contribution in [1.29, 1.82) is 0 Å². The molecule has 172 valence electrons. The van der Waals surface area contributed by atoms with Crippen LogP contribution in [0, 0.1) is 0 Å². The van der Waals surface area contributed by atoms with Gasteiger partial charge >= 0.3 is 0 Å². The smallest absolute Gasteiger partial charge is 0.210 e. The SMILES string of the molecule is COc1cc(-c2nc(N3CCOCC3)c(OC)c(C3(C(=O)C(C)=O)CC3)n2)c2cc[nH]c2c1. The number of hydrogen-bond acceptors (Lipinski definition) is 8. The van der Waals surface area contributed by atoms with Gasteiger partial charge in [-0.05, 0) is 25.0 Å². The molecule has 3 aromatic rings. The number of H-pyrrole nitrogens is 1. The van der Waals surface area contributed by atoms with E-state index in [1.54, 1.807) is 14.2 Å². The molecule has 9 nitrogen and oxygen atoms in total. The van der Waals surface area contributed by atoms with Gasteiger partial charge in [-0.15, -0.1) is 0 Å². The lowest BCUT2D eigenvalue weighted by atomic mass is 9.92. The Morgan fingerprint density at radius 1 is 1.12 bits per heavy atom. The minimum absolute atomic E-state index is 0.434. The molecule has 33 heavy (non-hydrogen) atoms. The lowest BCUT2D eigenvalue weighted by Gasteiger charge is -2.30. The minimum atomic E-state index is -0.966. The van der Waals surface area contributed by atoms with Gasteiger partial charge in [-0.2, -0.15) is 0 Å². The summed E-state index contributed by atoms with van der Waals surface area (Å²) in [5, 5.41) is 0.933. The number of carbonyl (C=O) groups is 2. The molecule has 0 amide bonds. The summed E-state index contributed by atoms with van der Waals surface area (Å²) >= 11 is 0. The lowest BCUT2D eigenvalue weighted by molar-refractivity contribution is -0.136. The van der Waals surface area contributed by atoms with Gasteiger partial charge in [0.15, 0.2) is 23.2 Å². The van der Waals surface area contributed by atoms with E-state index < -0.39 is 17.0 Å². The third-order valence-electron chi connectivity index (χ3n) is 6.44. The number of methoxy groups -OCH3 is 2. The molecule has 0 radical (unpaired) electrons. The molecule has 5 rings (SSSR count). The second-order valence-corrected chi connectivity index (χ2v) is 8.43. The van der Waals surface area contributed by atoms with Gasteiger partial charge in [-0.3, -0.25) is 9.59 Å². The number of rotatable bonds is 7. The maximum Gasteiger partial charge on any atom is 0.210 e. The summed E-state index contributed by atoms with van der Waals surface area (Å²) < 4.78 is 16.8. The van der Waals surface area contributed by atoms with Crippen LogP contribution in [0.2, 0.25) is 0 Å². The number of ketones is 2. The number of nitrogens with one attached hydrogen (secondary N) is 1. The molecular weight excluding hydrogens is 424 g/mol. The number of nitrogens with zero attached hydrogens (tertiary/aromatic N) is 3. The van der Waals surface area contributed by atoms with Gasteiger partial charge in [0.1, 0.15) is 11.4 Å². The van der Waals surface area contributed by atoms with Gasteiger partial charge < -0.3 is 24.1 Å². The van der Waals surface area contributed by atoms with Gasteiger partial charge in [-0.1, -0.05) is 0 Å². The second kappa shape index (κ2) is 8.15. The summed E-state index contributed by atoms with van der Waals surface area (Å²) in [6.07, 6.45) is 2.96. The average molecular weight is 450 g/mol. The van der Waals surface area contributed by atoms with Gasteiger partial charge in [-0.25, -0.2) is 9.97 Å². The Hall–Kier alpha value is -3.46. The number of morpholine rings is 1. The third-order valence-corrected chi connectivity index (χ3v) is 6.44. The van der Waals surface area contributed by atoms with E-state index in [1.807, 2.05) is 24.4 Å². The van der Waals surface area contributed by atoms with Crippen molar-refractivity contribution in [3.63, 3.8) is 0 Å². The molecular formula is C24H26N4O5. The molecule has 1 saturated carbocycles. The molecule has 0 unspecified atom stereocenters. The number of carbonyl (C=O) groups excluding carboxylic acids is 2. The summed E-state index contributed by atoms with van der Waals surface area (Å²) in [5.41, 5.74) is 1.17. The zero-order valence-corrected chi connectivity index (χ0v) is 18.9. The Labute approximate surface area is 191 Å². The van der Waals surface area contributed by atoms with Crippen molar-refractivity contribution in [2.45, 2.75) is 25.2 Å². The molecule has 1 N–H and O–H groups in total. The molecule has 1 saturated heterocycles. The largest absolute Gasteiger partial charge is 0.497 e. The van der Waals surface area contributed by atoms with Crippen LogP contribution in [0.4, 0.5) is 5.82 Å². The molecule has 9 heteroatoms. The number of fused-ring (bicyclic) bond motifs is 1. The average Bonchev–Trinajstić information content (AvgIpc) is 3.52. The summed E-state index contributed by atoms with van der Waals surface area (Å²) in [4.78, 5) is 40.2. The predicted octanol–water partition coefficient (Wildman–Crippen LogP) is 2.67. The molecule has 2 aliphatic rings. The zero-order valence-electron chi connectivity index (χ0n) is 18.9. The van der Waals surface area contributed by atoms with Crippen LogP contribution in [0.15, 0.2) is 24.4 Å². The fourth-order valence-electron chi connectivity index (χ4n) is 4.54. The van der Waals surface area contributed by atoms with E-state index in [2.05, 4.69) is 9.88 Å². The first kappa shape index (κ1) is 21.4. The molecule has 0 atom stereocenters. The molecule has 1 aliphatic carbocycles. The second-order valence-electron chi connectivity index (χ2n) is 8.43. The van der Waals surface area contributed by atoms with E-state index in [0.717, 1.165) is 16.5 Å². The number of Topliss-reactive ketones (excluding diaryl/α,β-unsaturated/α-hetero) is 2. The molecule has 2 fully saturated rings. The first-order valence-corrected chi connectivity index (χ1v) is 11.0. The molecule has 1 aromatic carbocycles. The monoisotopic (exact) mass is 450 g/mol. The highest BCUT2D eigenvalue weighted by atomic mass is 16.5. The van der Waals surface area contributed by atoms with E-state index in [-0.39, 0.29) is 0 Å². The molecule has 2 aromatic heterocycles. The standard InChI is InChI=1S/C24H26N4O5/c1-14(29)21(30)24(5-6-24)20-19(32-3)23(28-8-10-33-11-9-28)27-22(26-20)17-12-15(31-2)13-18-16(17)4-7-25-18/h4,7,12-13,25H,5-6,8-11H2,1-3H3. The van der Waals surface area contributed by atoms with Gasteiger partial charge in [0.2, 0.25) is 5.78 Å². The first-order chi connectivity index (χ1) is 16.0. The maximum atomic E-state index is 13.0. The van der Waals surface area contributed by atoms with Crippen LogP contribution in [-0.2, 0) is 19.7 Å². The quantitative estimate of drug-likeness (QED) is 0.548. The van der Waals surface area contributed by atoms with Crippen molar-refractivity contribution in [2.24, 2.45) is 0 Å². The highest BCUT2D eigenvalue weighted by Crippen LogP contribution is 2.53. The highest BCUT2D eigenvalue weighted by molar-refractivity contribution is 6.40. The Bertz CT molecular complexity index is 1240. The number of aromatic nitrogens is 3. The van der Waals surface area contributed by atoms with E-state index in [9.17, 15) is 9.59 Å². The van der Waals surface area contributed by atoms with Crippen LogP contribution in [0.3, 0.4) is 0 Å². The van der Waals surface area contributed by atoms with Crippen molar-refractivity contribution in [3.8, 4) is 22.9 Å². The van der Waals surface area contributed by atoms with E-state index in [1.165, 1.54) is 6.92 Å². The van der Waals surface area contributed by atoms with E-state index in [4.69, 9.17) is 24.2 Å². The van der Waals surface area contributed by atoms with Gasteiger partial charge in [0.05, 0.1) is 32.8 Å². The van der Waals surface area contributed by atoms with Gasteiger partial charge in [0, 0.05) is 48.7 Å². The number of ether oxygens (including phenoxy) is 3. The van der Waals surface area contributed by atoms with E-state index in [0.29, 0.717) is 68.0 Å². The van der Waals surface area contributed by atoms with Crippen molar-refractivity contribution in [3.05, 3.63) is 30.1 Å². The number of benzene rings is 1. The summed E-state index contributed by atoms with van der Waals surface area (Å²) in [7, 11) is 3.16. The summed E-state index contributed by atoms with van der Waals surface area (Å²) in [6.45, 7) is 3.72. The Morgan fingerprint density at radius 3 is 2.52 bits per heavy atom. The Kier molecular flexibility index (Phi) is 5.28. The number of hydrogen-bond donors (Lipinski definition) is 1. The van der Waals surface area contributed by atoms with Gasteiger partial charge in [0.25, 0.3) is 0 Å². The van der Waals surface area contributed by atoms with Crippen LogP contribution in [-0.4, -0.2) is 67.0 Å². The number of aromatic amines is 1. The summed E-state index contributed by atoms with van der Waals surface area (Å²) in [6, 6.07) is 5.75. The molecule has 0 bridgehead atoms. The van der Waals surface area contributed by atoms with Crippen LogP contribution >= 0.6 is 0 Å². The third kappa shape index (κ3) is 3.52. The van der Waals surface area contributed by atoms with Crippen LogP contribution in [0.5, 0.6) is 11.5 Å². The molecule has 1 aliphatic heterocycles. The van der Waals surface area contributed by atoms with Crippen molar-refractivity contribution >= 4 is 28.3 Å². The summed E-state index contributed by atoms with van der Waals surface area (Å²) in [5.74, 6) is 1.26. The maximum absolute atomic E-state index is 13.0. The zero-order chi connectivity index (χ0) is 23.2. The van der Waals surface area contributed by atoms with E-state index >= 15 is 0 Å². The molecule has 3 heterocycles. The topological polar surface area (TPSA) is 107 Å². The lowest BCUT2D eigenvalue weighted by Crippen LogP contribution is -2.38. The number of anilines is 1. The highest BCUT2D eigenvalue weighted by Gasteiger charge is 2.56. The van der Waals surface area contributed by atoms with Crippen LogP contribution in [0.1, 0.15) is 25.5 Å². The van der Waals surface area contributed by atoms with Crippen molar-refractivity contribution in [1.82, 2.24) is 15.0 Å². The fraction of sp³-hybridized carbons (Fsp3) is 0.417. The normalized spacial score (nSPS) is 17.1. The molecule has 0 spiro atoms. The predicted molar refractivity (Wildman–Crippen MR) is 122 cm³/mol. The minimum Gasteiger partial charge on any atom is -0.497 e. The van der Waals surface area contributed by atoms with Crippen molar-refractivity contribution < 1.29 is 23.8 Å². The first-order valence-electron chi connectivity index (χ1n) is 11.0. The Morgan fingerprint density at radius 2 is 1.88 bits per heavy atom. The van der Waals surface area contributed by atoms with Crippen molar-refractivity contribution in [2.75, 3.05) is 45.4 Å². The fourth-order valence-corrected chi connectivity index (χ4v) is 4.54.